The van der Waals surface area contributed by atoms with Crippen molar-refractivity contribution in [2.45, 2.75) is 44.8 Å². The summed E-state index contributed by atoms with van der Waals surface area (Å²) in [4.78, 5) is 29.3. The number of aryl methyl sites for hydroxylation is 3. The Hall–Kier alpha value is -3.84. The number of nitrogens with zero attached hydrogens (tertiary/aromatic N) is 3. The van der Waals surface area contributed by atoms with Crippen LogP contribution < -0.4 is 10.2 Å². The van der Waals surface area contributed by atoms with Gasteiger partial charge >= 0.3 is 0 Å². The molecule has 0 saturated heterocycles. The molecule has 0 bridgehead atoms. The Bertz CT molecular complexity index is 1430. The molecule has 0 fully saturated rings. The lowest BCUT2D eigenvalue weighted by molar-refractivity contribution is -0.126. The summed E-state index contributed by atoms with van der Waals surface area (Å²) >= 11 is 1.43. The molecule has 37 heavy (non-hydrogen) atoms. The topological polar surface area (TPSA) is 67.2 Å². The van der Waals surface area contributed by atoms with Gasteiger partial charge in [0.25, 0.3) is 0 Å². The average molecular weight is 511 g/mol. The number of aromatic nitrogens is 2. The third-order valence-electron chi connectivity index (χ3n) is 6.63. The molecule has 7 heteroatoms. The molecule has 1 atom stereocenters. The van der Waals surface area contributed by atoms with Crippen LogP contribution in [0.4, 0.5) is 5.69 Å². The maximum atomic E-state index is 14.0. The van der Waals surface area contributed by atoms with Crippen molar-refractivity contribution in [3.8, 4) is 5.69 Å². The Balaban J connectivity index is 1.61. The first-order chi connectivity index (χ1) is 18.0. The summed E-state index contributed by atoms with van der Waals surface area (Å²) < 4.78 is 1.86. The number of nitrogens with one attached hydrogen (secondary N) is 1. The highest BCUT2D eigenvalue weighted by molar-refractivity contribution is 8.00. The van der Waals surface area contributed by atoms with Crippen LogP contribution >= 0.6 is 11.8 Å². The van der Waals surface area contributed by atoms with Gasteiger partial charge in [0.15, 0.2) is 0 Å². The van der Waals surface area contributed by atoms with Crippen molar-refractivity contribution >= 4 is 29.3 Å². The summed E-state index contributed by atoms with van der Waals surface area (Å²) in [6.45, 7) is 6.40. The van der Waals surface area contributed by atoms with Gasteiger partial charge in [-0.15, -0.1) is 0 Å². The molecule has 6 nitrogen and oxygen atoms in total. The van der Waals surface area contributed by atoms with E-state index in [4.69, 9.17) is 5.10 Å². The monoisotopic (exact) mass is 510 g/mol. The van der Waals surface area contributed by atoms with E-state index < -0.39 is 6.04 Å². The minimum Gasteiger partial charge on any atom is -0.350 e. The van der Waals surface area contributed by atoms with E-state index >= 15 is 0 Å². The molecule has 2 amide bonds. The molecule has 0 saturated carbocycles. The maximum absolute atomic E-state index is 14.0. The van der Waals surface area contributed by atoms with E-state index in [9.17, 15) is 9.59 Å². The van der Waals surface area contributed by atoms with Crippen molar-refractivity contribution in [2.24, 2.45) is 0 Å². The minimum absolute atomic E-state index is 0.107. The molecule has 0 spiro atoms. The van der Waals surface area contributed by atoms with Crippen molar-refractivity contribution in [3.05, 3.63) is 107 Å². The van der Waals surface area contributed by atoms with Crippen LogP contribution in [-0.4, -0.2) is 27.3 Å². The smallest absolute Gasteiger partial charge is 0.248 e. The summed E-state index contributed by atoms with van der Waals surface area (Å²) in [5.41, 5.74) is 6.39. The number of para-hydroxylation sites is 1. The second-order valence-corrected chi connectivity index (χ2v) is 10.2. The molecule has 0 radical (unpaired) electrons. The number of fused-ring (bicyclic) bond motifs is 1. The lowest BCUT2D eigenvalue weighted by atomic mass is 10.0. The third-order valence-corrected chi connectivity index (χ3v) is 7.69. The average Bonchev–Trinajstić information content (AvgIpc) is 3.16. The fourth-order valence-corrected chi connectivity index (χ4v) is 5.73. The van der Waals surface area contributed by atoms with E-state index in [2.05, 4.69) is 12.2 Å². The lowest BCUT2D eigenvalue weighted by Gasteiger charge is -2.30. The molecule has 1 aliphatic rings. The first-order valence-electron chi connectivity index (χ1n) is 12.5. The fourth-order valence-electron chi connectivity index (χ4n) is 4.65. The van der Waals surface area contributed by atoms with E-state index in [1.165, 1.54) is 11.8 Å². The van der Waals surface area contributed by atoms with Crippen molar-refractivity contribution in [1.82, 2.24) is 15.1 Å². The van der Waals surface area contributed by atoms with Crippen LogP contribution in [-0.2, 0) is 22.6 Å². The number of carbonyl (C=O) groups is 2. The Morgan fingerprint density at radius 3 is 2.43 bits per heavy atom. The molecule has 0 aliphatic carbocycles. The fraction of sp³-hybridized carbons (Fsp3) is 0.233. The van der Waals surface area contributed by atoms with Crippen LogP contribution in [0.5, 0.6) is 0 Å². The summed E-state index contributed by atoms with van der Waals surface area (Å²) in [7, 11) is 0. The van der Waals surface area contributed by atoms with Crippen LogP contribution in [0.25, 0.3) is 5.69 Å². The van der Waals surface area contributed by atoms with E-state index in [0.29, 0.717) is 6.54 Å². The predicted octanol–water partition coefficient (Wildman–Crippen LogP) is 5.55. The van der Waals surface area contributed by atoms with Crippen molar-refractivity contribution in [3.63, 3.8) is 0 Å². The largest absolute Gasteiger partial charge is 0.350 e. The molecule has 2 heterocycles. The molecular weight excluding hydrogens is 480 g/mol. The number of anilines is 1. The number of rotatable bonds is 6. The predicted molar refractivity (Wildman–Crippen MR) is 148 cm³/mol. The van der Waals surface area contributed by atoms with Crippen LogP contribution in [0, 0.1) is 13.8 Å². The maximum Gasteiger partial charge on any atom is 0.248 e. The Morgan fingerprint density at radius 2 is 1.70 bits per heavy atom. The Labute approximate surface area is 221 Å². The molecule has 1 N–H and O–H groups in total. The highest BCUT2D eigenvalue weighted by Gasteiger charge is 2.40. The van der Waals surface area contributed by atoms with Crippen LogP contribution in [0.3, 0.4) is 0 Å². The standard InChI is InChI=1S/C30H30N4O2S/c1-4-22-9-8-12-25(17-22)33-26(35)19-37-30-27(21(3)32-34(30)24-10-6-5-7-11-24)28(33)29(36)31-18-23-15-13-20(2)14-16-23/h5-17,28H,4,18-19H2,1-3H3,(H,31,36). The number of hydrogen-bond acceptors (Lipinski definition) is 4. The molecule has 1 aliphatic heterocycles. The van der Waals surface area contributed by atoms with Gasteiger partial charge < -0.3 is 5.32 Å². The lowest BCUT2D eigenvalue weighted by Crippen LogP contribution is -2.44. The minimum atomic E-state index is -0.840. The van der Waals surface area contributed by atoms with Crippen LogP contribution in [0.1, 0.15) is 40.9 Å². The number of amides is 2. The summed E-state index contributed by atoms with van der Waals surface area (Å²) in [5.74, 6) is -0.123. The normalized spacial score (nSPS) is 15.3. The number of thioether (sulfide) groups is 1. The van der Waals surface area contributed by atoms with Gasteiger partial charge in [-0.1, -0.05) is 78.8 Å². The zero-order valence-corrected chi connectivity index (χ0v) is 22.1. The molecule has 3 aromatic carbocycles. The van der Waals surface area contributed by atoms with Gasteiger partial charge in [-0.3, -0.25) is 14.5 Å². The van der Waals surface area contributed by atoms with Gasteiger partial charge in [0.05, 0.1) is 17.1 Å². The quantitative estimate of drug-likeness (QED) is 0.369. The Kier molecular flexibility index (Phi) is 7.15. The zero-order valence-electron chi connectivity index (χ0n) is 21.3. The summed E-state index contributed by atoms with van der Waals surface area (Å²) in [6, 6.07) is 25.0. The molecule has 4 aromatic rings. The molecular formula is C30H30N4O2S. The SMILES string of the molecule is CCc1cccc(N2C(=O)CSc3c(c(C)nn3-c3ccccc3)C2C(=O)NCc2ccc(C)cc2)c1. The van der Waals surface area contributed by atoms with Crippen LogP contribution in [0.2, 0.25) is 0 Å². The molecule has 188 valence electrons. The first kappa shape index (κ1) is 24.8. The molecule has 5 rings (SSSR count). The second-order valence-electron chi connectivity index (χ2n) is 9.23. The van der Waals surface area contributed by atoms with Gasteiger partial charge in [-0.2, -0.15) is 5.10 Å². The molecule has 1 unspecified atom stereocenters. The van der Waals surface area contributed by atoms with Crippen molar-refractivity contribution < 1.29 is 9.59 Å². The first-order valence-corrected chi connectivity index (χ1v) is 13.5. The summed E-state index contributed by atoms with van der Waals surface area (Å²) in [5, 5.41) is 8.75. The highest BCUT2D eigenvalue weighted by atomic mass is 32.2. The number of hydrogen-bond donors (Lipinski definition) is 1. The van der Waals surface area contributed by atoms with E-state index in [-0.39, 0.29) is 17.6 Å². The van der Waals surface area contributed by atoms with Gasteiger partial charge in [0.2, 0.25) is 11.8 Å². The second kappa shape index (κ2) is 10.6. The molecule has 1 aromatic heterocycles. The zero-order chi connectivity index (χ0) is 25.9. The van der Waals surface area contributed by atoms with Gasteiger partial charge in [-0.05, 0) is 55.7 Å². The number of benzene rings is 3. The van der Waals surface area contributed by atoms with Crippen LogP contribution in [0.15, 0.2) is 83.9 Å². The van der Waals surface area contributed by atoms with E-state index in [1.54, 1.807) is 4.90 Å². The Morgan fingerprint density at radius 1 is 0.973 bits per heavy atom. The van der Waals surface area contributed by atoms with Crippen molar-refractivity contribution in [2.75, 3.05) is 10.7 Å². The number of carbonyl (C=O) groups excluding carboxylic acids is 2. The summed E-state index contributed by atoms with van der Waals surface area (Å²) in [6.07, 6.45) is 0.838. The van der Waals surface area contributed by atoms with Gasteiger partial charge in [0.1, 0.15) is 11.1 Å². The van der Waals surface area contributed by atoms with Crippen molar-refractivity contribution in [1.29, 1.82) is 0 Å². The van der Waals surface area contributed by atoms with E-state index in [0.717, 1.165) is 50.8 Å². The highest BCUT2D eigenvalue weighted by Crippen LogP contribution is 2.41. The third kappa shape index (κ3) is 5.04. The van der Waals surface area contributed by atoms with Gasteiger partial charge in [-0.25, -0.2) is 4.68 Å². The van der Waals surface area contributed by atoms with E-state index in [1.807, 2.05) is 97.4 Å². The van der Waals surface area contributed by atoms with Gasteiger partial charge in [0, 0.05) is 17.8 Å².